The fourth-order valence-electron chi connectivity index (χ4n) is 3.77. The first-order chi connectivity index (χ1) is 10.1. The van der Waals surface area contributed by atoms with E-state index >= 15 is 0 Å². The summed E-state index contributed by atoms with van der Waals surface area (Å²) in [5.74, 6) is 0. The van der Waals surface area contributed by atoms with E-state index < -0.39 is 0 Å². The summed E-state index contributed by atoms with van der Waals surface area (Å²) in [4.78, 5) is 2.49. The van der Waals surface area contributed by atoms with Crippen LogP contribution in [0, 0.1) is 6.92 Å². The summed E-state index contributed by atoms with van der Waals surface area (Å²) >= 11 is 0. The summed E-state index contributed by atoms with van der Waals surface area (Å²) in [7, 11) is 2.11. The average Bonchev–Trinajstić information content (AvgIpc) is 2.78. The minimum atomic E-state index is 0.116. The van der Waals surface area contributed by atoms with Crippen molar-refractivity contribution in [3.63, 3.8) is 0 Å². The van der Waals surface area contributed by atoms with Gasteiger partial charge in [0.1, 0.15) is 0 Å². The summed E-state index contributed by atoms with van der Waals surface area (Å²) in [6, 6.07) is 9.39. The third-order valence-corrected chi connectivity index (χ3v) is 5.15. The Labute approximate surface area is 127 Å². The molecule has 114 valence electrons. The number of piperidine rings is 1. The van der Waals surface area contributed by atoms with Crippen LogP contribution < -0.4 is 0 Å². The number of benzene rings is 1. The second-order valence-corrected chi connectivity index (χ2v) is 6.41. The quantitative estimate of drug-likeness (QED) is 0.937. The molecule has 1 aliphatic rings. The molecule has 0 radical (unpaired) electrons. The fraction of sp³-hybridized carbons (Fsp3) is 0.556. The van der Waals surface area contributed by atoms with Crippen LogP contribution in [0.25, 0.3) is 10.9 Å². The van der Waals surface area contributed by atoms with E-state index in [1.165, 1.54) is 41.4 Å². The summed E-state index contributed by atoms with van der Waals surface area (Å²) < 4.78 is 2.23. The van der Waals surface area contributed by atoms with Crippen LogP contribution >= 0.6 is 0 Å². The fourth-order valence-corrected chi connectivity index (χ4v) is 3.77. The number of aryl methyl sites for hydroxylation is 2. The Balaban J connectivity index is 2.06. The van der Waals surface area contributed by atoms with Gasteiger partial charge in [0.2, 0.25) is 0 Å². The average molecular weight is 286 g/mol. The zero-order chi connectivity index (χ0) is 15.0. The lowest BCUT2D eigenvalue weighted by Gasteiger charge is -2.39. The number of likely N-dealkylation sites (tertiary alicyclic amines) is 1. The van der Waals surface area contributed by atoms with Crippen molar-refractivity contribution in [2.24, 2.45) is 7.05 Å². The number of hydrogen-bond acceptors (Lipinski definition) is 2. The van der Waals surface area contributed by atoms with Gasteiger partial charge in [0.05, 0.1) is 12.6 Å². The van der Waals surface area contributed by atoms with Gasteiger partial charge >= 0.3 is 0 Å². The van der Waals surface area contributed by atoms with Gasteiger partial charge in [-0.25, -0.2) is 0 Å². The normalized spacial score (nSPS) is 21.8. The molecule has 1 fully saturated rings. The molecule has 0 saturated carbocycles. The lowest BCUT2D eigenvalue weighted by atomic mass is 9.95. The number of aliphatic hydroxyl groups is 1. The van der Waals surface area contributed by atoms with Crippen molar-refractivity contribution < 1.29 is 5.11 Å². The first-order valence-electron chi connectivity index (χ1n) is 8.05. The molecule has 2 heterocycles. The largest absolute Gasteiger partial charge is 0.394 e. The van der Waals surface area contributed by atoms with Crippen molar-refractivity contribution in [2.75, 3.05) is 13.2 Å². The molecule has 1 N–H and O–H groups in total. The lowest BCUT2D eigenvalue weighted by Crippen LogP contribution is -2.41. The summed E-state index contributed by atoms with van der Waals surface area (Å²) in [5.41, 5.74) is 3.79. The molecule has 0 bridgehead atoms. The van der Waals surface area contributed by atoms with E-state index in [4.69, 9.17) is 0 Å². The molecular weight excluding hydrogens is 260 g/mol. The SMILES string of the molecule is Cc1cc2c(C(CO)N3CCCC[C@H]3C)cccc2n1C. The van der Waals surface area contributed by atoms with E-state index in [2.05, 4.69) is 54.6 Å². The van der Waals surface area contributed by atoms with Crippen molar-refractivity contribution in [1.82, 2.24) is 9.47 Å². The molecule has 21 heavy (non-hydrogen) atoms. The molecule has 2 aromatic rings. The predicted octanol–water partition coefficient (Wildman–Crippen LogP) is 3.39. The number of hydrogen-bond donors (Lipinski definition) is 1. The molecule has 3 heteroatoms. The van der Waals surface area contributed by atoms with Crippen molar-refractivity contribution in [1.29, 1.82) is 0 Å². The van der Waals surface area contributed by atoms with Crippen LogP contribution in [-0.2, 0) is 7.05 Å². The highest BCUT2D eigenvalue weighted by Gasteiger charge is 2.28. The van der Waals surface area contributed by atoms with E-state index in [1.54, 1.807) is 0 Å². The molecule has 1 unspecified atom stereocenters. The monoisotopic (exact) mass is 286 g/mol. The van der Waals surface area contributed by atoms with Gasteiger partial charge in [-0.05, 0) is 50.9 Å². The maximum absolute atomic E-state index is 10.0. The Bertz CT molecular complexity index is 631. The van der Waals surface area contributed by atoms with E-state index in [9.17, 15) is 5.11 Å². The smallest absolute Gasteiger partial charge is 0.0628 e. The Morgan fingerprint density at radius 3 is 2.86 bits per heavy atom. The van der Waals surface area contributed by atoms with Gasteiger partial charge in [-0.1, -0.05) is 18.6 Å². The minimum Gasteiger partial charge on any atom is -0.394 e. The van der Waals surface area contributed by atoms with Crippen LogP contribution in [0.3, 0.4) is 0 Å². The first kappa shape index (κ1) is 14.6. The molecular formula is C18H26N2O. The van der Waals surface area contributed by atoms with Crippen molar-refractivity contribution in [3.05, 3.63) is 35.5 Å². The van der Waals surface area contributed by atoms with Crippen molar-refractivity contribution >= 4 is 10.9 Å². The zero-order valence-corrected chi connectivity index (χ0v) is 13.3. The summed E-state index contributed by atoms with van der Waals surface area (Å²) in [5, 5.41) is 11.3. The highest BCUT2D eigenvalue weighted by Crippen LogP contribution is 2.33. The second kappa shape index (κ2) is 5.82. The molecule has 0 spiro atoms. The van der Waals surface area contributed by atoms with Gasteiger partial charge in [0.25, 0.3) is 0 Å². The number of nitrogens with zero attached hydrogens (tertiary/aromatic N) is 2. The summed E-state index contributed by atoms with van der Waals surface area (Å²) in [6.45, 7) is 5.71. The van der Waals surface area contributed by atoms with Gasteiger partial charge in [-0.15, -0.1) is 0 Å². The standard InChI is InChI=1S/C18H26N2O/c1-13-7-4-5-10-20(13)18(12-21)15-8-6-9-17-16(15)11-14(2)19(17)3/h6,8-9,11,13,18,21H,4-5,7,10,12H2,1-3H3/t13-,18?/m1/s1. The van der Waals surface area contributed by atoms with Crippen LogP contribution in [0.15, 0.2) is 24.3 Å². The molecule has 1 aliphatic heterocycles. The third-order valence-electron chi connectivity index (χ3n) is 5.15. The maximum Gasteiger partial charge on any atom is 0.0628 e. The lowest BCUT2D eigenvalue weighted by molar-refractivity contribution is 0.0651. The number of aliphatic hydroxyl groups excluding tert-OH is 1. The van der Waals surface area contributed by atoms with Crippen molar-refractivity contribution in [2.45, 2.75) is 45.2 Å². The van der Waals surface area contributed by atoms with E-state index in [0.29, 0.717) is 6.04 Å². The number of fused-ring (bicyclic) bond motifs is 1. The molecule has 1 saturated heterocycles. The zero-order valence-electron chi connectivity index (χ0n) is 13.3. The molecule has 1 aromatic carbocycles. The van der Waals surface area contributed by atoms with E-state index in [1.807, 2.05) is 0 Å². The topological polar surface area (TPSA) is 28.4 Å². The van der Waals surface area contributed by atoms with Crippen molar-refractivity contribution in [3.8, 4) is 0 Å². The Morgan fingerprint density at radius 2 is 2.14 bits per heavy atom. The summed E-state index contributed by atoms with van der Waals surface area (Å²) in [6.07, 6.45) is 3.79. The maximum atomic E-state index is 10.0. The van der Waals surface area contributed by atoms with Crippen LogP contribution in [-0.4, -0.2) is 33.8 Å². The molecule has 0 amide bonds. The van der Waals surface area contributed by atoms with Gasteiger partial charge in [-0.3, -0.25) is 4.90 Å². The van der Waals surface area contributed by atoms with Gasteiger partial charge < -0.3 is 9.67 Å². The number of aromatic nitrogens is 1. The Hall–Kier alpha value is -1.32. The highest BCUT2D eigenvalue weighted by molar-refractivity contribution is 5.85. The van der Waals surface area contributed by atoms with Gasteiger partial charge in [0, 0.05) is 29.7 Å². The molecule has 0 aliphatic carbocycles. The van der Waals surface area contributed by atoms with E-state index in [-0.39, 0.29) is 12.6 Å². The van der Waals surface area contributed by atoms with Gasteiger partial charge in [0.15, 0.2) is 0 Å². The first-order valence-corrected chi connectivity index (χ1v) is 8.05. The second-order valence-electron chi connectivity index (χ2n) is 6.41. The molecule has 1 aromatic heterocycles. The molecule has 3 rings (SSSR count). The molecule has 2 atom stereocenters. The van der Waals surface area contributed by atoms with Crippen LogP contribution in [0.2, 0.25) is 0 Å². The minimum absolute atomic E-state index is 0.116. The Kier molecular flexibility index (Phi) is 4.05. The van der Waals surface area contributed by atoms with Crippen LogP contribution in [0.4, 0.5) is 0 Å². The third kappa shape index (κ3) is 2.49. The van der Waals surface area contributed by atoms with Crippen LogP contribution in [0.1, 0.15) is 43.5 Å². The Morgan fingerprint density at radius 1 is 1.33 bits per heavy atom. The molecule has 3 nitrogen and oxygen atoms in total. The highest BCUT2D eigenvalue weighted by atomic mass is 16.3. The number of rotatable bonds is 3. The predicted molar refractivity (Wildman–Crippen MR) is 87.5 cm³/mol. The van der Waals surface area contributed by atoms with Gasteiger partial charge in [-0.2, -0.15) is 0 Å². The van der Waals surface area contributed by atoms with E-state index in [0.717, 1.165) is 6.54 Å². The van der Waals surface area contributed by atoms with Crippen LogP contribution in [0.5, 0.6) is 0 Å².